The molecule has 1 unspecified atom stereocenters. The monoisotopic (exact) mass is 209 g/mol. The van der Waals surface area contributed by atoms with Gasteiger partial charge in [0.15, 0.2) is 0 Å². The number of carbonyl (C=O) groups is 1. The van der Waals surface area contributed by atoms with Crippen LogP contribution in [0.4, 0.5) is 0 Å². The molecule has 4 heteroatoms. The molecule has 1 heterocycles. The maximum absolute atomic E-state index is 10.5. The standard InChI is InChI=1S/C11H15NO3/c1-3-15-9-4-5-12-10(7-9)8(2)6-11(13)14/h4-5,7-8H,3,6H2,1-2H3,(H,13,14). The van der Waals surface area contributed by atoms with E-state index >= 15 is 0 Å². The van der Waals surface area contributed by atoms with Gasteiger partial charge in [0, 0.05) is 23.9 Å². The van der Waals surface area contributed by atoms with E-state index in [1.54, 1.807) is 18.3 Å². The van der Waals surface area contributed by atoms with Crippen LogP contribution in [0.3, 0.4) is 0 Å². The second-order valence-electron chi connectivity index (χ2n) is 3.35. The van der Waals surface area contributed by atoms with Crippen LogP contribution < -0.4 is 4.74 Å². The van der Waals surface area contributed by atoms with Gasteiger partial charge in [-0.3, -0.25) is 9.78 Å². The minimum Gasteiger partial charge on any atom is -0.494 e. The zero-order chi connectivity index (χ0) is 11.3. The number of pyridine rings is 1. The van der Waals surface area contributed by atoms with Gasteiger partial charge in [0.1, 0.15) is 5.75 Å². The topological polar surface area (TPSA) is 59.4 Å². The smallest absolute Gasteiger partial charge is 0.304 e. The lowest BCUT2D eigenvalue weighted by Crippen LogP contribution is -2.05. The largest absolute Gasteiger partial charge is 0.494 e. The molecule has 0 spiro atoms. The van der Waals surface area contributed by atoms with Gasteiger partial charge >= 0.3 is 5.97 Å². The van der Waals surface area contributed by atoms with E-state index in [0.29, 0.717) is 6.61 Å². The van der Waals surface area contributed by atoms with Crippen molar-refractivity contribution in [1.82, 2.24) is 4.98 Å². The summed E-state index contributed by atoms with van der Waals surface area (Å²) in [6.45, 7) is 4.34. The Labute approximate surface area is 88.9 Å². The summed E-state index contributed by atoms with van der Waals surface area (Å²) in [6.07, 6.45) is 1.72. The number of carboxylic acids is 1. The average Bonchev–Trinajstić information content (AvgIpc) is 2.17. The maximum Gasteiger partial charge on any atom is 0.304 e. The first-order chi connectivity index (χ1) is 7.13. The predicted molar refractivity (Wildman–Crippen MR) is 56.1 cm³/mol. The fraction of sp³-hybridized carbons (Fsp3) is 0.455. The summed E-state index contributed by atoms with van der Waals surface area (Å²) in [5.74, 6) is -0.172. The number of carboxylic acid groups (broad SMARTS) is 1. The third kappa shape index (κ3) is 3.58. The van der Waals surface area contributed by atoms with E-state index in [-0.39, 0.29) is 12.3 Å². The molecule has 0 saturated heterocycles. The molecule has 0 aliphatic heterocycles. The molecule has 82 valence electrons. The van der Waals surface area contributed by atoms with Crippen LogP contribution in [0, 0.1) is 0 Å². The highest BCUT2D eigenvalue weighted by molar-refractivity contribution is 5.67. The van der Waals surface area contributed by atoms with Gasteiger partial charge in [-0.1, -0.05) is 6.92 Å². The van der Waals surface area contributed by atoms with Crippen molar-refractivity contribution in [3.8, 4) is 5.75 Å². The van der Waals surface area contributed by atoms with Crippen molar-refractivity contribution in [1.29, 1.82) is 0 Å². The minimum absolute atomic E-state index is 0.0859. The van der Waals surface area contributed by atoms with Gasteiger partial charge in [-0.15, -0.1) is 0 Å². The maximum atomic E-state index is 10.5. The lowest BCUT2D eigenvalue weighted by molar-refractivity contribution is -0.137. The van der Waals surface area contributed by atoms with Crippen LogP contribution in [-0.2, 0) is 4.79 Å². The van der Waals surface area contributed by atoms with E-state index in [1.807, 2.05) is 13.8 Å². The van der Waals surface area contributed by atoms with Gasteiger partial charge in [-0.25, -0.2) is 0 Å². The summed E-state index contributed by atoms with van der Waals surface area (Å²) < 4.78 is 5.31. The Kier molecular flexibility index (Phi) is 4.09. The first-order valence-corrected chi connectivity index (χ1v) is 4.94. The average molecular weight is 209 g/mol. The van der Waals surface area contributed by atoms with Gasteiger partial charge in [0.25, 0.3) is 0 Å². The summed E-state index contributed by atoms with van der Waals surface area (Å²) in [5.41, 5.74) is 0.753. The van der Waals surface area contributed by atoms with Crippen LogP contribution >= 0.6 is 0 Å². The molecule has 0 radical (unpaired) electrons. The Hall–Kier alpha value is -1.58. The van der Waals surface area contributed by atoms with Crippen LogP contribution in [0.25, 0.3) is 0 Å². The molecule has 1 atom stereocenters. The molecule has 1 aromatic rings. The van der Waals surface area contributed by atoms with Crippen LogP contribution in [0.2, 0.25) is 0 Å². The van der Waals surface area contributed by atoms with Crippen molar-refractivity contribution < 1.29 is 14.6 Å². The molecule has 0 amide bonds. The molecule has 0 aromatic carbocycles. The molecular formula is C11H15NO3. The first kappa shape index (κ1) is 11.5. The lowest BCUT2D eigenvalue weighted by Gasteiger charge is -2.09. The SMILES string of the molecule is CCOc1ccnc(C(C)CC(=O)O)c1. The predicted octanol–water partition coefficient (Wildman–Crippen LogP) is 2.06. The third-order valence-electron chi connectivity index (χ3n) is 2.05. The molecule has 0 aliphatic rings. The van der Waals surface area contributed by atoms with Crippen molar-refractivity contribution in [3.63, 3.8) is 0 Å². The summed E-state index contributed by atoms with van der Waals surface area (Å²) in [5, 5.41) is 8.66. The van der Waals surface area contributed by atoms with Crippen molar-refractivity contribution in [2.45, 2.75) is 26.2 Å². The Bertz CT molecular complexity index is 338. The molecule has 15 heavy (non-hydrogen) atoms. The van der Waals surface area contributed by atoms with E-state index in [2.05, 4.69) is 4.98 Å². The quantitative estimate of drug-likeness (QED) is 0.806. The summed E-state index contributed by atoms with van der Waals surface area (Å²) in [4.78, 5) is 14.7. The highest BCUT2D eigenvalue weighted by atomic mass is 16.5. The molecule has 1 N–H and O–H groups in total. The number of nitrogens with zero attached hydrogens (tertiary/aromatic N) is 1. The Morgan fingerprint density at radius 2 is 2.40 bits per heavy atom. The molecule has 0 bridgehead atoms. The number of hydrogen-bond donors (Lipinski definition) is 1. The van der Waals surface area contributed by atoms with Gasteiger partial charge < -0.3 is 9.84 Å². The van der Waals surface area contributed by atoms with Gasteiger partial charge in [-0.05, 0) is 13.0 Å². The number of aromatic nitrogens is 1. The number of rotatable bonds is 5. The van der Waals surface area contributed by atoms with Gasteiger partial charge in [-0.2, -0.15) is 0 Å². The highest BCUT2D eigenvalue weighted by Crippen LogP contribution is 2.20. The zero-order valence-electron chi connectivity index (χ0n) is 8.93. The van der Waals surface area contributed by atoms with E-state index in [4.69, 9.17) is 9.84 Å². The van der Waals surface area contributed by atoms with E-state index in [0.717, 1.165) is 11.4 Å². The summed E-state index contributed by atoms with van der Waals surface area (Å²) >= 11 is 0. The summed E-state index contributed by atoms with van der Waals surface area (Å²) in [6, 6.07) is 3.55. The molecule has 1 aromatic heterocycles. The van der Waals surface area contributed by atoms with E-state index in [9.17, 15) is 4.79 Å². The van der Waals surface area contributed by atoms with E-state index < -0.39 is 5.97 Å². The lowest BCUT2D eigenvalue weighted by atomic mass is 10.0. The zero-order valence-corrected chi connectivity index (χ0v) is 8.93. The number of hydrogen-bond acceptors (Lipinski definition) is 3. The Balaban J connectivity index is 2.75. The molecule has 0 aliphatic carbocycles. The normalized spacial score (nSPS) is 12.1. The highest BCUT2D eigenvalue weighted by Gasteiger charge is 2.11. The van der Waals surface area contributed by atoms with Crippen LogP contribution in [0.5, 0.6) is 5.75 Å². The van der Waals surface area contributed by atoms with Crippen molar-refractivity contribution >= 4 is 5.97 Å². The van der Waals surface area contributed by atoms with Gasteiger partial charge in [0.2, 0.25) is 0 Å². The van der Waals surface area contributed by atoms with Crippen molar-refractivity contribution in [2.75, 3.05) is 6.61 Å². The fourth-order valence-corrected chi connectivity index (χ4v) is 1.32. The summed E-state index contributed by atoms with van der Waals surface area (Å²) in [7, 11) is 0. The van der Waals surface area contributed by atoms with Crippen molar-refractivity contribution in [2.24, 2.45) is 0 Å². The first-order valence-electron chi connectivity index (χ1n) is 4.94. The Morgan fingerprint density at radius 3 is 3.00 bits per heavy atom. The van der Waals surface area contributed by atoms with Crippen LogP contribution in [-0.4, -0.2) is 22.7 Å². The molecule has 0 saturated carbocycles. The third-order valence-corrected chi connectivity index (χ3v) is 2.05. The van der Waals surface area contributed by atoms with Crippen LogP contribution in [0.1, 0.15) is 31.9 Å². The van der Waals surface area contributed by atoms with E-state index in [1.165, 1.54) is 0 Å². The van der Waals surface area contributed by atoms with Gasteiger partial charge in [0.05, 0.1) is 13.0 Å². The van der Waals surface area contributed by atoms with Crippen molar-refractivity contribution in [3.05, 3.63) is 24.0 Å². The minimum atomic E-state index is -0.814. The number of ether oxygens (including phenoxy) is 1. The fourth-order valence-electron chi connectivity index (χ4n) is 1.32. The second-order valence-corrected chi connectivity index (χ2v) is 3.35. The van der Waals surface area contributed by atoms with Crippen LogP contribution in [0.15, 0.2) is 18.3 Å². The molecule has 4 nitrogen and oxygen atoms in total. The molecular weight excluding hydrogens is 194 g/mol. The second kappa shape index (κ2) is 5.34. The number of aliphatic carboxylic acids is 1. The molecule has 1 rings (SSSR count). The molecule has 0 fully saturated rings. The Morgan fingerprint density at radius 1 is 1.67 bits per heavy atom.